The van der Waals surface area contributed by atoms with Gasteiger partial charge in [0.2, 0.25) is 6.41 Å². The largest absolute Gasteiger partial charge is 0.450 e. The highest BCUT2D eigenvalue weighted by molar-refractivity contribution is 6.06. The number of amides is 1. The minimum absolute atomic E-state index is 0.404. The maximum atomic E-state index is 10.7. The lowest BCUT2D eigenvalue weighted by Gasteiger charge is -2.20. The number of carbonyl (C=O) groups excluding carboxylic acids is 1. The number of benzene rings is 2. The summed E-state index contributed by atoms with van der Waals surface area (Å²) >= 11 is 0. The molecule has 0 spiro atoms. The van der Waals surface area contributed by atoms with Gasteiger partial charge in [-0.05, 0) is 22.9 Å². The Kier molecular flexibility index (Phi) is 5.36. The van der Waals surface area contributed by atoms with Crippen molar-refractivity contribution in [3.8, 4) is 5.75 Å². The Labute approximate surface area is 136 Å². The van der Waals surface area contributed by atoms with Gasteiger partial charge in [0.15, 0.2) is 17.3 Å². The zero-order valence-electron chi connectivity index (χ0n) is 13.8. The number of hydrogen-bond acceptors (Lipinski definition) is 4. The predicted molar refractivity (Wildman–Crippen MR) is 94.0 cm³/mol. The molecule has 0 atom stereocenters. The fourth-order valence-electron chi connectivity index (χ4n) is 2.20. The molecule has 1 amide bonds. The lowest BCUT2D eigenvalue weighted by molar-refractivity contribution is -0.108. The molecule has 0 aromatic heterocycles. The van der Waals surface area contributed by atoms with E-state index in [1.807, 2.05) is 69.2 Å². The number of nitrogens with one attached hydrogen (secondary N) is 1. The zero-order valence-corrected chi connectivity index (χ0v) is 13.8. The van der Waals surface area contributed by atoms with Crippen LogP contribution in [0.5, 0.6) is 5.75 Å². The molecule has 1 N–H and O–H groups in total. The highest BCUT2D eigenvalue weighted by atomic mass is 16.5. The van der Waals surface area contributed by atoms with E-state index in [1.165, 1.54) is 0 Å². The van der Waals surface area contributed by atoms with Crippen molar-refractivity contribution in [2.75, 3.05) is 14.1 Å². The van der Waals surface area contributed by atoms with Crippen LogP contribution in [-0.2, 0) is 4.79 Å². The number of fused-ring (bicyclic) bond motifs is 2. The lowest BCUT2D eigenvalue weighted by Crippen LogP contribution is -2.29. The number of nitrogens with zero attached hydrogens (tertiary/aromatic N) is 2. The van der Waals surface area contributed by atoms with Gasteiger partial charge in [0.1, 0.15) is 5.69 Å². The van der Waals surface area contributed by atoms with E-state index in [2.05, 4.69) is 10.3 Å². The molecule has 0 bridgehead atoms. The minimum atomic E-state index is 0.404. The number of rotatable bonds is 2. The first-order valence-electron chi connectivity index (χ1n) is 7.55. The van der Waals surface area contributed by atoms with Crippen LogP contribution in [0, 0.1) is 0 Å². The van der Waals surface area contributed by atoms with Gasteiger partial charge < -0.3 is 15.0 Å². The first-order valence-corrected chi connectivity index (χ1v) is 7.55. The molecule has 0 unspecified atom stereocenters. The van der Waals surface area contributed by atoms with E-state index in [-0.39, 0.29) is 0 Å². The van der Waals surface area contributed by atoms with Crippen LogP contribution in [0.2, 0.25) is 0 Å². The van der Waals surface area contributed by atoms with Gasteiger partial charge in [-0.1, -0.05) is 38.1 Å². The number of ether oxygens (including phenoxy) is 1. The normalized spacial score (nSPS) is 14.1. The molecule has 5 nitrogen and oxygen atoms in total. The molecule has 0 radical (unpaired) electrons. The van der Waals surface area contributed by atoms with Crippen LogP contribution in [0.4, 0.5) is 5.69 Å². The third kappa shape index (κ3) is 3.69. The molecule has 0 fully saturated rings. The molecule has 2 aromatic carbocycles. The van der Waals surface area contributed by atoms with Crippen LogP contribution in [-0.4, -0.2) is 31.2 Å². The minimum Gasteiger partial charge on any atom is -0.450 e. The van der Waals surface area contributed by atoms with Crippen LogP contribution in [0.3, 0.4) is 0 Å². The van der Waals surface area contributed by atoms with Crippen molar-refractivity contribution in [1.82, 2.24) is 10.2 Å². The second-order valence-electron chi connectivity index (χ2n) is 4.95. The van der Waals surface area contributed by atoms with Gasteiger partial charge in [-0.2, -0.15) is 0 Å². The smallest absolute Gasteiger partial charge is 0.212 e. The summed E-state index contributed by atoms with van der Waals surface area (Å²) in [7, 11) is 3.76. The molecule has 2 aromatic rings. The molecular formula is C18H21N3O2. The molecule has 0 saturated heterocycles. The van der Waals surface area contributed by atoms with Gasteiger partial charge in [0.25, 0.3) is 0 Å². The molecule has 0 saturated carbocycles. The third-order valence-corrected chi connectivity index (χ3v) is 3.08. The molecule has 0 aliphatic carbocycles. The quantitative estimate of drug-likeness (QED) is 0.864. The van der Waals surface area contributed by atoms with Crippen molar-refractivity contribution in [3.05, 3.63) is 48.4 Å². The Hall–Kier alpha value is -2.82. The first kappa shape index (κ1) is 16.5. The Bertz CT molecular complexity index is 764. The molecule has 120 valence electrons. The zero-order chi connectivity index (χ0) is 16.8. The fourth-order valence-corrected chi connectivity index (χ4v) is 2.20. The maximum absolute atomic E-state index is 10.7. The number of carbonyl (C=O) groups is 1. The summed E-state index contributed by atoms with van der Waals surface area (Å²) in [5.41, 5.74) is 0.703. The molecule has 5 heteroatoms. The second kappa shape index (κ2) is 7.45. The van der Waals surface area contributed by atoms with Crippen LogP contribution < -0.4 is 10.1 Å². The Balaban J connectivity index is 0.000000924. The maximum Gasteiger partial charge on any atom is 0.212 e. The summed E-state index contributed by atoms with van der Waals surface area (Å²) in [6, 6.07) is 11.9. The van der Waals surface area contributed by atoms with E-state index in [0.717, 1.165) is 10.8 Å². The Morgan fingerprint density at radius 3 is 2.39 bits per heavy atom. The van der Waals surface area contributed by atoms with Gasteiger partial charge in [-0.25, -0.2) is 4.99 Å². The number of amidine groups is 1. The fraction of sp³-hybridized carbons (Fsp3) is 0.222. The molecule has 3 rings (SSSR count). The topological polar surface area (TPSA) is 53.9 Å². The summed E-state index contributed by atoms with van der Waals surface area (Å²) in [5.74, 6) is 1.59. The van der Waals surface area contributed by atoms with Gasteiger partial charge in [-0.15, -0.1) is 0 Å². The van der Waals surface area contributed by atoms with Gasteiger partial charge in [-0.3, -0.25) is 4.79 Å². The van der Waals surface area contributed by atoms with Crippen molar-refractivity contribution in [3.63, 3.8) is 0 Å². The van der Waals surface area contributed by atoms with E-state index < -0.39 is 0 Å². The summed E-state index contributed by atoms with van der Waals surface area (Å²) < 4.78 is 5.88. The van der Waals surface area contributed by atoms with Crippen LogP contribution in [0.15, 0.2) is 53.3 Å². The van der Waals surface area contributed by atoms with Crippen molar-refractivity contribution < 1.29 is 9.53 Å². The monoisotopic (exact) mass is 311 g/mol. The van der Waals surface area contributed by atoms with Crippen molar-refractivity contribution in [2.24, 2.45) is 4.99 Å². The average Bonchev–Trinajstić information content (AvgIpc) is 2.55. The summed E-state index contributed by atoms with van der Waals surface area (Å²) in [5, 5.41) is 4.74. The predicted octanol–water partition coefficient (Wildman–Crippen LogP) is 3.44. The summed E-state index contributed by atoms with van der Waals surface area (Å²) in [6.45, 7) is 4.00. The van der Waals surface area contributed by atoms with Crippen LogP contribution >= 0.6 is 0 Å². The van der Waals surface area contributed by atoms with Crippen molar-refractivity contribution in [1.29, 1.82) is 0 Å². The van der Waals surface area contributed by atoms with Crippen molar-refractivity contribution in [2.45, 2.75) is 13.8 Å². The Morgan fingerprint density at radius 1 is 1.13 bits per heavy atom. The Morgan fingerprint density at radius 2 is 1.78 bits per heavy atom. The van der Waals surface area contributed by atoms with Gasteiger partial charge in [0.05, 0.1) is 0 Å². The van der Waals surface area contributed by atoms with E-state index in [0.29, 0.717) is 29.4 Å². The standard InChI is InChI=1S/C16H15N3O2.C2H6/c1-19(2)9-15-16(17-10-20)18-13-7-11-5-3-4-6-12(11)8-14(13)21-15;1-2/h3-10H,1-2H3,(H,17,18,20);1-2H3/b15-9+;. The lowest BCUT2D eigenvalue weighted by atomic mass is 10.1. The van der Waals surface area contributed by atoms with Crippen molar-refractivity contribution >= 4 is 28.7 Å². The highest BCUT2D eigenvalue weighted by Crippen LogP contribution is 2.37. The van der Waals surface area contributed by atoms with Crippen LogP contribution in [0.25, 0.3) is 10.8 Å². The molecular weight excluding hydrogens is 290 g/mol. The van der Waals surface area contributed by atoms with E-state index >= 15 is 0 Å². The SMILES string of the molecule is CC.CN(C)/C=C1/Oc2cc3ccccc3cc2N=C1NC=O. The van der Waals surface area contributed by atoms with Crippen LogP contribution in [0.1, 0.15) is 13.8 Å². The van der Waals surface area contributed by atoms with E-state index in [1.54, 1.807) is 6.20 Å². The number of hydrogen-bond donors (Lipinski definition) is 1. The second-order valence-corrected chi connectivity index (χ2v) is 4.95. The van der Waals surface area contributed by atoms with E-state index in [9.17, 15) is 4.79 Å². The van der Waals surface area contributed by atoms with E-state index in [4.69, 9.17) is 4.74 Å². The third-order valence-electron chi connectivity index (χ3n) is 3.08. The molecule has 1 aliphatic heterocycles. The molecule has 23 heavy (non-hydrogen) atoms. The highest BCUT2D eigenvalue weighted by Gasteiger charge is 2.19. The molecule has 1 aliphatic rings. The first-order chi connectivity index (χ1) is 11.2. The number of aliphatic imine (C=N–C) groups is 1. The van der Waals surface area contributed by atoms with Gasteiger partial charge >= 0.3 is 0 Å². The van der Waals surface area contributed by atoms with Gasteiger partial charge in [0, 0.05) is 20.3 Å². The summed E-state index contributed by atoms with van der Waals surface area (Å²) in [6.07, 6.45) is 2.37. The summed E-state index contributed by atoms with van der Waals surface area (Å²) in [4.78, 5) is 17.1. The average molecular weight is 311 g/mol. The molecule has 1 heterocycles.